The molecule has 8 nitrogen and oxygen atoms in total. The van der Waals surface area contributed by atoms with Gasteiger partial charge < -0.3 is 11.1 Å². The SMILES string of the molecule is Nc1cnccc1-c1cc(Cl)c(C(=O)Nc2cnc(-n3nccn3)c(C(F)(F)F)c2)cc1F. The molecule has 1 aromatic carbocycles. The van der Waals surface area contributed by atoms with E-state index in [4.69, 9.17) is 17.3 Å². The van der Waals surface area contributed by atoms with Crippen LogP contribution in [0, 0.1) is 5.82 Å². The molecule has 0 saturated heterocycles. The van der Waals surface area contributed by atoms with E-state index in [2.05, 4.69) is 25.5 Å². The molecule has 3 aromatic heterocycles. The van der Waals surface area contributed by atoms with E-state index in [1.807, 2.05) is 0 Å². The Morgan fingerprint density at radius 2 is 1.79 bits per heavy atom. The van der Waals surface area contributed by atoms with Crippen LogP contribution in [-0.4, -0.2) is 30.9 Å². The summed E-state index contributed by atoms with van der Waals surface area (Å²) in [7, 11) is 0. The fourth-order valence-corrected chi connectivity index (χ4v) is 3.25. The number of benzene rings is 1. The number of amides is 1. The van der Waals surface area contributed by atoms with Crippen LogP contribution in [-0.2, 0) is 6.18 Å². The Hall–Kier alpha value is -4.06. The number of pyridine rings is 2. The predicted molar refractivity (Wildman–Crippen MR) is 111 cm³/mol. The minimum atomic E-state index is -4.81. The Labute approximate surface area is 188 Å². The maximum Gasteiger partial charge on any atom is 0.420 e. The van der Waals surface area contributed by atoms with E-state index >= 15 is 0 Å². The summed E-state index contributed by atoms with van der Waals surface area (Å²) in [6.45, 7) is 0. The smallest absolute Gasteiger partial charge is 0.397 e. The molecule has 0 atom stereocenters. The van der Waals surface area contributed by atoms with Gasteiger partial charge in [-0.15, -0.1) is 4.80 Å². The van der Waals surface area contributed by atoms with Gasteiger partial charge in [-0.2, -0.15) is 23.4 Å². The van der Waals surface area contributed by atoms with Gasteiger partial charge in [-0.1, -0.05) is 11.6 Å². The van der Waals surface area contributed by atoms with Gasteiger partial charge in [0.05, 0.1) is 46.7 Å². The van der Waals surface area contributed by atoms with Crippen molar-refractivity contribution in [3.8, 4) is 16.9 Å². The highest BCUT2D eigenvalue weighted by atomic mass is 35.5. The first-order valence-corrected chi connectivity index (χ1v) is 9.47. The molecular weight excluding hydrogens is 466 g/mol. The summed E-state index contributed by atoms with van der Waals surface area (Å²) < 4.78 is 55.3. The highest BCUT2D eigenvalue weighted by Gasteiger charge is 2.36. The zero-order valence-electron chi connectivity index (χ0n) is 16.3. The van der Waals surface area contributed by atoms with Crippen molar-refractivity contribution < 1.29 is 22.4 Å². The number of aromatic nitrogens is 5. The summed E-state index contributed by atoms with van der Waals surface area (Å²) in [5.74, 6) is -2.32. The number of anilines is 2. The molecule has 4 rings (SSSR count). The molecule has 0 spiro atoms. The van der Waals surface area contributed by atoms with Crippen molar-refractivity contribution in [2.45, 2.75) is 6.18 Å². The normalized spacial score (nSPS) is 11.4. The number of nitrogens with one attached hydrogen (secondary N) is 1. The Morgan fingerprint density at radius 1 is 1.06 bits per heavy atom. The zero-order chi connectivity index (χ0) is 23.8. The largest absolute Gasteiger partial charge is 0.420 e. The quantitative estimate of drug-likeness (QED) is 0.422. The molecule has 0 aliphatic rings. The van der Waals surface area contributed by atoms with Crippen molar-refractivity contribution in [3.63, 3.8) is 0 Å². The molecule has 3 N–H and O–H groups in total. The molecule has 0 unspecified atom stereocenters. The molecule has 0 aliphatic heterocycles. The second-order valence-electron chi connectivity index (χ2n) is 6.64. The number of carbonyl (C=O) groups excluding carboxylic acids is 1. The van der Waals surface area contributed by atoms with Crippen LogP contribution in [0.5, 0.6) is 0 Å². The van der Waals surface area contributed by atoms with Gasteiger partial charge >= 0.3 is 6.18 Å². The highest BCUT2D eigenvalue weighted by molar-refractivity contribution is 6.34. The Morgan fingerprint density at radius 3 is 2.45 bits per heavy atom. The summed E-state index contributed by atoms with van der Waals surface area (Å²) >= 11 is 6.16. The lowest BCUT2D eigenvalue weighted by Gasteiger charge is -2.14. The summed E-state index contributed by atoms with van der Waals surface area (Å²) in [5, 5.41) is 9.39. The third-order valence-electron chi connectivity index (χ3n) is 4.48. The molecule has 0 radical (unpaired) electrons. The Balaban J connectivity index is 1.66. The lowest BCUT2D eigenvalue weighted by molar-refractivity contribution is -0.137. The van der Waals surface area contributed by atoms with Crippen molar-refractivity contribution in [2.75, 3.05) is 11.1 Å². The van der Waals surface area contributed by atoms with Crippen LogP contribution in [0.25, 0.3) is 16.9 Å². The van der Waals surface area contributed by atoms with Crippen molar-refractivity contribution in [1.82, 2.24) is 25.0 Å². The maximum atomic E-state index is 14.7. The highest BCUT2D eigenvalue weighted by Crippen LogP contribution is 2.35. The van der Waals surface area contributed by atoms with Crippen LogP contribution in [0.15, 0.2) is 55.2 Å². The number of rotatable bonds is 4. The minimum Gasteiger partial charge on any atom is -0.397 e. The lowest BCUT2D eigenvalue weighted by Crippen LogP contribution is -2.17. The van der Waals surface area contributed by atoms with Crippen LogP contribution < -0.4 is 11.1 Å². The minimum absolute atomic E-state index is 0.0357. The summed E-state index contributed by atoms with van der Waals surface area (Å²) in [5.41, 5.74) is 4.59. The third kappa shape index (κ3) is 4.46. The average molecular weight is 478 g/mol. The maximum absolute atomic E-state index is 14.7. The molecule has 0 aliphatic carbocycles. The van der Waals surface area contributed by atoms with Gasteiger partial charge in [0.15, 0.2) is 5.82 Å². The van der Waals surface area contributed by atoms with E-state index in [1.54, 1.807) is 0 Å². The van der Waals surface area contributed by atoms with Crippen LogP contribution in [0.3, 0.4) is 0 Å². The first kappa shape index (κ1) is 22.1. The fourth-order valence-electron chi connectivity index (χ4n) is 3.00. The van der Waals surface area contributed by atoms with Crippen molar-refractivity contribution >= 4 is 28.9 Å². The molecule has 3 heterocycles. The predicted octanol–water partition coefficient (Wildman–Crippen LogP) is 4.37. The first-order valence-electron chi connectivity index (χ1n) is 9.09. The average Bonchev–Trinajstić information content (AvgIpc) is 3.30. The standard InChI is InChI=1S/C20H12ClF4N7O/c21-15-6-12(11-1-2-27-9-17(11)26)16(22)7-13(15)19(33)31-10-5-14(20(23,24)25)18(28-8-10)32-29-3-4-30-32/h1-9H,26H2,(H,31,33). The second-order valence-corrected chi connectivity index (χ2v) is 7.05. The van der Waals surface area contributed by atoms with Gasteiger partial charge in [0, 0.05) is 17.3 Å². The van der Waals surface area contributed by atoms with E-state index in [1.165, 1.54) is 36.9 Å². The number of alkyl halides is 3. The van der Waals surface area contributed by atoms with Gasteiger partial charge in [0.2, 0.25) is 0 Å². The number of halogens is 5. The molecule has 0 saturated carbocycles. The summed E-state index contributed by atoms with van der Waals surface area (Å²) in [4.78, 5) is 20.9. The summed E-state index contributed by atoms with van der Waals surface area (Å²) in [6.07, 6.45) is 1.30. The molecular formula is C20H12ClF4N7O. The van der Waals surface area contributed by atoms with E-state index in [0.29, 0.717) is 16.4 Å². The second kappa shape index (κ2) is 8.47. The number of nitrogen functional groups attached to an aromatic ring is 1. The van der Waals surface area contributed by atoms with Crippen molar-refractivity contribution in [2.24, 2.45) is 0 Å². The van der Waals surface area contributed by atoms with Gasteiger partial charge in [-0.05, 0) is 24.3 Å². The molecule has 168 valence electrons. The summed E-state index contributed by atoms with van der Waals surface area (Å²) in [6, 6.07) is 4.21. The van der Waals surface area contributed by atoms with Crippen molar-refractivity contribution in [1.29, 1.82) is 0 Å². The first-order chi connectivity index (χ1) is 15.6. The van der Waals surface area contributed by atoms with Crippen LogP contribution in [0.1, 0.15) is 15.9 Å². The van der Waals surface area contributed by atoms with Crippen molar-refractivity contribution in [3.05, 3.63) is 77.2 Å². The van der Waals surface area contributed by atoms with Crippen LogP contribution in [0.2, 0.25) is 5.02 Å². The number of carbonyl (C=O) groups is 1. The fraction of sp³-hybridized carbons (Fsp3) is 0.0500. The Bertz CT molecular complexity index is 1340. The van der Waals surface area contributed by atoms with Crippen LogP contribution >= 0.6 is 11.6 Å². The van der Waals surface area contributed by atoms with Gasteiger partial charge in [-0.3, -0.25) is 9.78 Å². The molecule has 33 heavy (non-hydrogen) atoms. The van der Waals surface area contributed by atoms with E-state index in [9.17, 15) is 22.4 Å². The van der Waals surface area contributed by atoms with Gasteiger partial charge in [0.1, 0.15) is 11.4 Å². The number of nitrogens with zero attached hydrogens (tertiary/aromatic N) is 5. The van der Waals surface area contributed by atoms with Crippen LogP contribution in [0.4, 0.5) is 28.9 Å². The van der Waals surface area contributed by atoms with Gasteiger partial charge in [0.25, 0.3) is 5.91 Å². The molecule has 13 heteroatoms. The molecule has 0 fully saturated rings. The Kier molecular flexibility index (Phi) is 5.68. The number of hydrogen-bond donors (Lipinski definition) is 2. The van der Waals surface area contributed by atoms with E-state index < -0.39 is 29.3 Å². The molecule has 4 aromatic rings. The third-order valence-corrected chi connectivity index (χ3v) is 4.79. The number of hydrogen-bond acceptors (Lipinski definition) is 6. The molecule has 0 bridgehead atoms. The molecule has 1 amide bonds. The zero-order valence-corrected chi connectivity index (χ0v) is 17.1. The van der Waals surface area contributed by atoms with Gasteiger partial charge in [-0.25, -0.2) is 9.37 Å². The number of nitrogens with two attached hydrogens (primary N) is 1. The monoisotopic (exact) mass is 477 g/mol. The van der Waals surface area contributed by atoms with E-state index in [-0.39, 0.29) is 27.5 Å². The lowest BCUT2D eigenvalue weighted by atomic mass is 10.0. The topological polar surface area (TPSA) is 112 Å². The van der Waals surface area contributed by atoms with E-state index in [0.717, 1.165) is 12.3 Å².